The van der Waals surface area contributed by atoms with Gasteiger partial charge in [-0.15, -0.1) is 0 Å². The van der Waals surface area contributed by atoms with Crippen molar-refractivity contribution in [2.45, 2.75) is 12.6 Å². The highest BCUT2D eigenvalue weighted by Gasteiger charge is 2.33. The van der Waals surface area contributed by atoms with Crippen LogP contribution < -0.4 is 5.32 Å². The molecule has 0 aromatic heterocycles. The van der Waals surface area contributed by atoms with Crippen LogP contribution in [0.2, 0.25) is 0 Å². The van der Waals surface area contributed by atoms with Crippen LogP contribution in [0, 0.1) is 11.3 Å². The van der Waals surface area contributed by atoms with Crippen LogP contribution in [0.15, 0.2) is 18.2 Å². The molecule has 0 atom stereocenters. The molecule has 1 aromatic carbocycles. The van der Waals surface area contributed by atoms with Crippen LogP contribution >= 0.6 is 0 Å². The molecule has 0 aliphatic carbocycles. The van der Waals surface area contributed by atoms with Crippen LogP contribution in [-0.4, -0.2) is 18.3 Å². The van der Waals surface area contributed by atoms with E-state index in [0.29, 0.717) is 6.42 Å². The Morgan fingerprint density at radius 2 is 2.06 bits per heavy atom. The lowest BCUT2D eigenvalue weighted by atomic mass is 10.1. The Labute approximate surface area is 96.5 Å². The van der Waals surface area contributed by atoms with E-state index in [1.807, 2.05) is 0 Å². The summed E-state index contributed by atoms with van der Waals surface area (Å²) in [5.41, 5.74) is -0.982. The van der Waals surface area contributed by atoms with E-state index in [1.54, 1.807) is 6.07 Å². The van der Waals surface area contributed by atoms with Gasteiger partial charge in [0.1, 0.15) is 0 Å². The van der Waals surface area contributed by atoms with Gasteiger partial charge in [0.15, 0.2) is 0 Å². The van der Waals surface area contributed by atoms with Gasteiger partial charge >= 0.3 is 6.18 Å². The number of nitriles is 1. The number of nitrogens with one attached hydrogen (secondary N) is 1. The second kappa shape index (κ2) is 5.55. The van der Waals surface area contributed by atoms with Crippen molar-refractivity contribution in [3.8, 4) is 6.07 Å². The number of hydrogen-bond acceptors (Lipinski definition) is 3. The summed E-state index contributed by atoms with van der Waals surface area (Å²) in [5.74, 6) is 0. The molecule has 3 nitrogen and oxygen atoms in total. The molecular formula is C11H11F3N2O. The maximum atomic E-state index is 12.7. The molecule has 0 bridgehead atoms. The van der Waals surface area contributed by atoms with E-state index >= 15 is 0 Å². The van der Waals surface area contributed by atoms with Crippen molar-refractivity contribution in [2.24, 2.45) is 0 Å². The molecule has 0 aliphatic rings. The van der Waals surface area contributed by atoms with Gasteiger partial charge in [0, 0.05) is 18.8 Å². The second-order valence-corrected chi connectivity index (χ2v) is 3.37. The molecule has 6 heteroatoms. The largest absolute Gasteiger partial charge is 0.418 e. The number of alkyl halides is 3. The van der Waals surface area contributed by atoms with Gasteiger partial charge in [0.25, 0.3) is 0 Å². The summed E-state index contributed by atoms with van der Waals surface area (Å²) in [6.07, 6.45) is -4.15. The molecule has 1 rings (SSSR count). The Bertz CT molecular complexity index is 424. The van der Waals surface area contributed by atoms with Crippen molar-refractivity contribution in [1.29, 1.82) is 5.26 Å². The molecule has 0 radical (unpaired) electrons. The summed E-state index contributed by atoms with van der Waals surface area (Å²) in [7, 11) is 0. The number of nitrogens with zero attached hydrogens (tertiary/aromatic N) is 1. The number of halogens is 3. The van der Waals surface area contributed by atoms with Gasteiger partial charge in [-0.3, -0.25) is 0 Å². The summed E-state index contributed by atoms with van der Waals surface area (Å²) in [5, 5.41) is 19.7. The molecule has 1 aromatic rings. The van der Waals surface area contributed by atoms with Gasteiger partial charge in [0.2, 0.25) is 0 Å². The van der Waals surface area contributed by atoms with Crippen LogP contribution in [0.5, 0.6) is 0 Å². The topological polar surface area (TPSA) is 56.0 Å². The molecule has 92 valence electrons. The average molecular weight is 244 g/mol. The third-order valence-electron chi connectivity index (χ3n) is 2.10. The van der Waals surface area contributed by atoms with E-state index in [4.69, 9.17) is 10.4 Å². The zero-order chi connectivity index (χ0) is 12.9. The fourth-order valence-electron chi connectivity index (χ4n) is 1.30. The van der Waals surface area contributed by atoms with Crippen molar-refractivity contribution in [3.05, 3.63) is 29.3 Å². The first-order valence-corrected chi connectivity index (χ1v) is 4.95. The van der Waals surface area contributed by atoms with E-state index in [1.165, 1.54) is 12.1 Å². The number of benzene rings is 1. The maximum Gasteiger partial charge on any atom is 0.418 e. The zero-order valence-corrected chi connectivity index (χ0v) is 8.88. The van der Waals surface area contributed by atoms with Crippen LogP contribution in [0.25, 0.3) is 0 Å². The van der Waals surface area contributed by atoms with E-state index in [0.717, 1.165) is 6.07 Å². The van der Waals surface area contributed by atoms with Gasteiger partial charge < -0.3 is 10.4 Å². The Morgan fingerprint density at radius 3 is 2.59 bits per heavy atom. The van der Waals surface area contributed by atoms with Gasteiger partial charge in [-0.1, -0.05) is 0 Å². The highest BCUT2D eigenvalue weighted by atomic mass is 19.4. The number of hydrogen-bond donors (Lipinski definition) is 2. The predicted molar refractivity (Wildman–Crippen MR) is 56.4 cm³/mol. The number of aliphatic hydroxyl groups excluding tert-OH is 1. The van der Waals surface area contributed by atoms with Crippen molar-refractivity contribution in [3.63, 3.8) is 0 Å². The Morgan fingerprint density at radius 1 is 1.35 bits per heavy atom. The maximum absolute atomic E-state index is 12.7. The lowest BCUT2D eigenvalue weighted by Gasteiger charge is -2.14. The monoisotopic (exact) mass is 244 g/mol. The predicted octanol–water partition coefficient (Wildman–Crippen LogP) is 2.37. The molecule has 0 aliphatic heterocycles. The minimum Gasteiger partial charge on any atom is -0.396 e. The lowest BCUT2D eigenvalue weighted by Crippen LogP contribution is -2.12. The Kier molecular flexibility index (Phi) is 4.35. The van der Waals surface area contributed by atoms with Crippen LogP contribution in [-0.2, 0) is 6.18 Å². The van der Waals surface area contributed by atoms with Crippen molar-refractivity contribution >= 4 is 5.69 Å². The number of anilines is 1. The summed E-state index contributed by atoms with van der Waals surface area (Å²) in [6, 6.07) is 5.01. The zero-order valence-electron chi connectivity index (χ0n) is 8.88. The van der Waals surface area contributed by atoms with Crippen LogP contribution in [0.3, 0.4) is 0 Å². The number of aliphatic hydroxyl groups is 1. The molecule has 0 heterocycles. The summed E-state index contributed by atoms with van der Waals surface area (Å²) in [4.78, 5) is 0. The molecule has 0 saturated heterocycles. The third-order valence-corrected chi connectivity index (χ3v) is 2.10. The van der Waals surface area contributed by atoms with E-state index in [9.17, 15) is 13.2 Å². The van der Waals surface area contributed by atoms with Crippen molar-refractivity contribution in [2.75, 3.05) is 18.5 Å². The fourth-order valence-corrected chi connectivity index (χ4v) is 1.30. The highest BCUT2D eigenvalue weighted by Crippen LogP contribution is 2.35. The highest BCUT2D eigenvalue weighted by molar-refractivity contribution is 5.56. The second-order valence-electron chi connectivity index (χ2n) is 3.37. The first kappa shape index (κ1) is 13.3. The van der Waals surface area contributed by atoms with Gasteiger partial charge in [0.05, 0.1) is 17.2 Å². The molecule has 0 spiro atoms. The average Bonchev–Trinajstić information content (AvgIpc) is 2.28. The van der Waals surface area contributed by atoms with Crippen LogP contribution in [0.1, 0.15) is 17.5 Å². The first-order valence-electron chi connectivity index (χ1n) is 4.95. The smallest absolute Gasteiger partial charge is 0.396 e. The molecule has 0 fully saturated rings. The van der Waals surface area contributed by atoms with E-state index in [2.05, 4.69) is 5.32 Å². The molecule has 17 heavy (non-hydrogen) atoms. The summed E-state index contributed by atoms with van der Waals surface area (Å²) < 4.78 is 38.0. The van der Waals surface area contributed by atoms with Crippen molar-refractivity contribution in [1.82, 2.24) is 0 Å². The minimum absolute atomic E-state index is 0.0370. The number of rotatable bonds is 4. The van der Waals surface area contributed by atoms with Crippen LogP contribution in [0.4, 0.5) is 18.9 Å². The van der Waals surface area contributed by atoms with Crippen molar-refractivity contribution < 1.29 is 18.3 Å². The van der Waals surface area contributed by atoms with Gasteiger partial charge in [-0.2, -0.15) is 18.4 Å². The molecule has 0 amide bonds. The Balaban J connectivity index is 3.00. The Hall–Kier alpha value is -1.74. The van der Waals surface area contributed by atoms with Gasteiger partial charge in [-0.25, -0.2) is 0 Å². The fraction of sp³-hybridized carbons (Fsp3) is 0.364. The standard InChI is InChI=1S/C11H11F3N2O/c12-11(13,14)9-6-8(7-15)2-3-10(9)16-4-1-5-17/h2-3,6,16-17H,1,4-5H2. The lowest BCUT2D eigenvalue weighted by molar-refractivity contribution is -0.137. The summed E-state index contributed by atoms with van der Waals surface area (Å²) >= 11 is 0. The molecule has 0 saturated carbocycles. The van der Waals surface area contributed by atoms with E-state index in [-0.39, 0.29) is 24.4 Å². The molecular weight excluding hydrogens is 233 g/mol. The van der Waals surface area contributed by atoms with Gasteiger partial charge in [-0.05, 0) is 24.6 Å². The van der Waals surface area contributed by atoms with E-state index < -0.39 is 11.7 Å². The molecule has 2 N–H and O–H groups in total. The third kappa shape index (κ3) is 3.64. The first-order chi connectivity index (χ1) is 7.99. The minimum atomic E-state index is -4.51. The molecule has 0 unspecified atom stereocenters. The SMILES string of the molecule is N#Cc1ccc(NCCCO)c(C(F)(F)F)c1. The summed E-state index contributed by atoms with van der Waals surface area (Å²) in [6.45, 7) is 0.149. The quantitative estimate of drug-likeness (QED) is 0.799. The normalized spacial score (nSPS) is 11.0.